The smallest absolute Gasteiger partial charge is 0.194 e. The molecule has 3 unspecified atom stereocenters. The monoisotopic (exact) mass is 276 g/mol. The third-order valence-electron chi connectivity index (χ3n) is 2.82. The van der Waals surface area contributed by atoms with Crippen molar-refractivity contribution in [3.05, 3.63) is 35.1 Å². The first-order valence-electron chi connectivity index (χ1n) is 6.13. The maximum Gasteiger partial charge on any atom is 0.194 e. The van der Waals surface area contributed by atoms with Crippen LogP contribution in [0.5, 0.6) is 0 Å². The highest BCUT2D eigenvalue weighted by molar-refractivity contribution is 5.23. The quantitative estimate of drug-likeness (QED) is 0.695. The maximum atomic E-state index is 13.2. The summed E-state index contributed by atoms with van der Waals surface area (Å²) < 4.78 is 39.2. The number of aliphatic hydroxyl groups excluding tert-OH is 1. The van der Waals surface area contributed by atoms with E-state index in [9.17, 15) is 18.3 Å². The molecule has 3 atom stereocenters. The van der Waals surface area contributed by atoms with Crippen LogP contribution in [0.2, 0.25) is 0 Å². The zero-order chi connectivity index (χ0) is 14.6. The highest BCUT2D eigenvalue weighted by Crippen LogP contribution is 2.19. The van der Waals surface area contributed by atoms with Gasteiger partial charge in [-0.3, -0.25) is 0 Å². The largest absolute Gasteiger partial charge is 0.393 e. The molecule has 0 aliphatic rings. The first-order valence-corrected chi connectivity index (χ1v) is 6.13. The summed E-state index contributed by atoms with van der Waals surface area (Å²) in [5, 5.41) is 12.3. The number of halogens is 3. The Kier molecular flexibility index (Phi) is 5.78. The molecule has 0 amide bonds. The molecule has 0 saturated heterocycles. The van der Waals surface area contributed by atoms with E-state index < -0.39 is 29.6 Å². The number of hydrogen-bond acceptors (Lipinski definition) is 3. The second-order valence-electron chi connectivity index (χ2n) is 4.74. The highest BCUT2D eigenvalue weighted by Gasteiger charge is 2.18. The van der Waals surface area contributed by atoms with Gasteiger partial charge in [-0.2, -0.15) is 0 Å². The topological polar surface area (TPSA) is 58.3 Å². The van der Waals surface area contributed by atoms with Crippen LogP contribution in [0.15, 0.2) is 12.1 Å². The molecule has 0 radical (unpaired) electrons. The third kappa shape index (κ3) is 4.49. The molecule has 108 valence electrons. The molecule has 0 bridgehead atoms. The second-order valence-corrected chi connectivity index (χ2v) is 4.74. The van der Waals surface area contributed by atoms with Crippen LogP contribution in [0.3, 0.4) is 0 Å². The van der Waals surface area contributed by atoms with Crippen LogP contribution in [0, 0.1) is 17.5 Å². The molecule has 19 heavy (non-hydrogen) atoms. The standard InChI is InChI=1S/C13H19F3N2O/c1-7(3-8(2)19)18-12(6-17)9-4-10(14)13(16)11(15)5-9/h4-5,7-8,12,18-19H,3,6,17H2,1-2H3. The van der Waals surface area contributed by atoms with Crippen molar-refractivity contribution < 1.29 is 18.3 Å². The molecule has 0 fully saturated rings. The van der Waals surface area contributed by atoms with Crippen molar-refractivity contribution >= 4 is 0 Å². The molecule has 0 aliphatic carbocycles. The Labute approximate surface area is 110 Å². The summed E-state index contributed by atoms with van der Waals surface area (Å²) in [5.41, 5.74) is 5.81. The summed E-state index contributed by atoms with van der Waals surface area (Å²) in [4.78, 5) is 0. The predicted octanol–water partition coefficient (Wildman–Crippen LogP) is 1.85. The minimum Gasteiger partial charge on any atom is -0.393 e. The Balaban J connectivity index is 2.85. The fourth-order valence-corrected chi connectivity index (χ4v) is 2.00. The third-order valence-corrected chi connectivity index (χ3v) is 2.82. The van der Waals surface area contributed by atoms with Gasteiger partial charge >= 0.3 is 0 Å². The number of nitrogens with two attached hydrogens (primary N) is 1. The summed E-state index contributed by atoms with van der Waals surface area (Å²) in [5.74, 6) is -3.96. The fraction of sp³-hybridized carbons (Fsp3) is 0.538. The van der Waals surface area contributed by atoms with E-state index in [0.29, 0.717) is 6.42 Å². The lowest BCUT2D eigenvalue weighted by molar-refractivity contribution is 0.168. The van der Waals surface area contributed by atoms with Crippen molar-refractivity contribution in [2.24, 2.45) is 5.73 Å². The van der Waals surface area contributed by atoms with Gasteiger partial charge in [0.25, 0.3) is 0 Å². The predicted molar refractivity (Wildman–Crippen MR) is 67.0 cm³/mol. The van der Waals surface area contributed by atoms with Gasteiger partial charge in [-0.05, 0) is 38.0 Å². The number of hydrogen-bond donors (Lipinski definition) is 3. The molecule has 0 aromatic heterocycles. The summed E-state index contributed by atoms with van der Waals surface area (Å²) in [7, 11) is 0. The van der Waals surface area contributed by atoms with E-state index in [1.54, 1.807) is 6.92 Å². The van der Waals surface area contributed by atoms with E-state index in [4.69, 9.17) is 5.73 Å². The SMILES string of the molecule is CC(O)CC(C)NC(CN)c1cc(F)c(F)c(F)c1. The Morgan fingerprint density at radius 2 is 1.74 bits per heavy atom. The molecule has 0 aliphatic heterocycles. The first-order chi connectivity index (χ1) is 8.85. The van der Waals surface area contributed by atoms with Crippen molar-refractivity contribution in [3.8, 4) is 0 Å². The minimum absolute atomic E-state index is 0.0928. The highest BCUT2D eigenvalue weighted by atomic mass is 19.2. The molecule has 1 aromatic rings. The molecule has 1 rings (SSSR count). The molecule has 0 heterocycles. The van der Waals surface area contributed by atoms with E-state index >= 15 is 0 Å². The van der Waals surface area contributed by atoms with Gasteiger partial charge in [0.1, 0.15) is 0 Å². The molecule has 0 saturated carbocycles. The molecule has 0 spiro atoms. The zero-order valence-electron chi connectivity index (χ0n) is 11.0. The van der Waals surface area contributed by atoms with Crippen molar-refractivity contribution in [3.63, 3.8) is 0 Å². The Morgan fingerprint density at radius 1 is 1.21 bits per heavy atom. The minimum atomic E-state index is -1.49. The van der Waals surface area contributed by atoms with Crippen molar-refractivity contribution in [2.45, 2.75) is 38.5 Å². The molecular formula is C13H19F3N2O. The van der Waals surface area contributed by atoms with Crippen LogP contribution in [0.4, 0.5) is 13.2 Å². The lowest BCUT2D eigenvalue weighted by atomic mass is 10.0. The molecule has 1 aromatic carbocycles. The Morgan fingerprint density at radius 3 is 2.16 bits per heavy atom. The van der Waals surface area contributed by atoms with Crippen molar-refractivity contribution in [1.82, 2.24) is 5.32 Å². The van der Waals surface area contributed by atoms with Gasteiger partial charge < -0.3 is 16.2 Å². The molecule has 6 heteroatoms. The van der Waals surface area contributed by atoms with Gasteiger partial charge in [0.2, 0.25) is 0 Å². The number of nitrogens with one attached hydrogen (secondary N) is 1. The molecular weight excluding hydrogens is 257 g/mol. The number of benzene rings is 1. The van der Waals surface area contributed by atoms with E-state index in [1.807, 2.05) is 6.92 Å². The van der Waals surface area contributed by atoms with Crippen molar-refractivity contribution in [1.29, 1.82) is 0 Å². The van der Waals surface area contributed by atoms with E-state index in [0.717, 1.165) is 12.1 Å². The lowest BCUT2D eigenvalue weighted by Gasteiger charge is -2.23. The summed E-state index contributed by atoms with van der Waals surface area (Å²) in [6.45, 7) is 3.58. The van der Waals surface area contributed by atoms with Crippen LogP contribution in [0.1, 0.15) is 31.9 Å². The van der Waals surface area contributed by atoms with E-state index in [-0.39, 0.29) is 18.2 Å². The number of rotatable bonds is 6. The number of aliphatic hydroxyl groups is 1. The second kappa shape index (κ2) is 6.88. The van der Waals surface area contributed by atoms with Gasteiger partial charge in [-0.1, -0.05) is 0 Å². The van der Waals surface area contributed by atoms with Crippen molar-refractivity contribution in [2.75, 3.05) is 6.54 Å². The van der Waals surface area contributed by atoms with Crippen LogP contribution in [0.25, 0.3) is 0 Å². The average Bonchev–Trinajstić information content (AvgIpc) is 2.31. The fourth-order valence-electron chi connectivity index (χ4n) is 2.00. The van der Waals surface area contributed by atoms with E-state index in [1.165, 1.54) is 0 Å². The molecule has 3 nitrogen and oxygen atoms in total. The van der Waals surface area contributed by atoms with Crippen LogP contribution in [-0.4, -0.2) is 23.8 Å². The Bertz CT molecular complexity index is 403. The van der Waals surface area contributed by atoms with Gasteiger partial charge in [-0.15, -0.1) is 0 Å². The van der Waals surface area contributed by atoms with Crippen LogP contribution in [-0.2, 0) is 0 Å². The lowest BCUT2D eigenvalue weighted by Crippen LogP contribution is -2.36. The average molecular weight is 276 g/mol. The first kappa shape index (κ1) is 15.9. The maximum absolute atomic E-state index is 13.2. The zero-order valence-corrected chi connectivity index (χ0v) is 11.0. The van der Waals surface area contributed by atoms with Gasteiger partial charge in [-0.25, -0.2) is 13.2 Å². The summed E-state index contributed by atoms with van der Waals surface area (Å²) in [6.07, 6.45) is -0.0227. The van der Waals surface area contributed by atoms with Crippen LogP contribution >= 0.6 is 0 Å². The molecule has 4 N–H and O–H groups in total. The van der Waals surface area contributed by atoms with Crippen LogP contribution < -0.4 is 11.1 Å². The van der Waals surface area contributed by atoms with E-state index in [2.05, 4.69) is 5.32 Å². The summed E-state index contributed by atoms with van der Waals surface area (Å²) in [6, 6.07) is 1.26. The summed E-state index contributed by atoms with van der Waals surface area (Å²) >= 11 is 0. The van der Waals surface area contributed by atoms with Gasteiger partial charge in [0.15, 0.2) is 17.5 Å². The Hall–Kier alpha value is -1.11. The normalized spacial score (nSPS) is 16.2. The van der Waals surface area contributed by atoms with Gasteiger partial charge in [0.05, 0.1) is 6.10 Å². The van der Waals surface area contributed by atoms with Gasteiger partial charge in [0, 0.05) is 18.6 Å².